The Kier molecular flexibility index (Phi) is 6.35. The lowest BCUT2D eigenvalue weighted by Gasteiger charge is -2.21. The zero-order valence-corrected chi connectivity index (χ0v) is 17.6. The molecule has 0 N–H and O–H groups in total. The monoisotopic (exact) mass is 372 g/mol. The van der Waals surface area contributed by atoms with Crippen LogP contribution in [0.1, 0.15) is 44.4 Å². The molecule has 0 saturated carbocycles. The summed E-state index contributed by atoms with van der Waals surface area (Å²) in [6.45, 7) is 13.5. The average molecular weight is 373 g/mol. The molecule has 0 aliphatic rings. The molecule has 2 rings (SSSR count). The topological polar surface area (TPSA) is 24.8 Å². The molecule has 140 valence electrons. The Morgan fingerprint density at radius 2 is 1.81 bits per heavy atom. The lowest BCUT2D eigenvalue weighted by atomic mass is 9.87. The van der Waals surface area contributed by atoms with Crippen LogP contribution in [0, 0.1) is 13.8 Å². The summed E-state index contributed by atoms with van der Waals surface area (Å²) in [5.41, 5.74) is 4.13. The van der Waals surface area contributed by atoms with Gasteiger partial charge in [-0.1, -0.05) is 32.4 Å². The molecule has 0 aliphatic carbocycles. The Balaban J connectivity index is 2.31. The second-order valence-corrected chi connectivity index (χ2v) is 8.12. The molecule has 0 aromatic heterocycles. The molecule has 26 heavy (non-hydrogen) atoms. The lowest BCUT2D eigenvalue weighted by Crippen LogP contribution is -2.14. The van der Waals surface area contributed by atoms with Crippen molar-refractivity contribution in [3.05, 3.63) is 52.0 Å². The Morgan fingerprint density at radius 3 is 2.42 bits per heavy atom. The molecular weight excluding hydrogens is 344 g/mol. The molecule has 0 radical (unpaired) electrons. The number of halogens is 1. The van der Waals surface area contributed by atoms with Gasteiger partial charge in [0.05, 0.1) is 12.0 Å². The van der Waals surface area contributed by atoms with Gasteiger partial charge < -0.3 is 9.64 Å². The Labute approximate surface area is 162 Å². The Hall–Kier alpha value is -2.00. The summed E-state index contributed by atoms with van der Waals surface area (Å²) in [7, 11) is 2.01. The van der Waals surface area contributed by atoms with Gasteiger partial charge in [-0.05, 0) is 73.2 Å². The quantitative estimate of drug-likeness (QED) is 0.433. The molecule has 0 bridgehead atoms. The molecule has 2 aromatic carbocycles. The molecule has 0 amide bonds. The van der Waals surface area contributed by atoms with Crippen LogP contribution < -0.4 is 4.74 Å². The highest BCUT2D eigenvalue weighted by molar-refractivity contribution is 6.31. The van der Waals surface area contributed by atoms with Crippen molar-refractivity contribution >= 4 is 23.6 Å². The van der Waals surface area contributed by atoms with E-state index in [1.165, 1.54) is 0 Å². The normalized spacial score (nSPS) is 11.8. The van der Waals surface area contributed by atoms with Crippen LogP contribution in [-0.4, -0.2) is 24.8 Å². The molecule has 0 aliphatic heterocycles. The summed E-state index contributed by atoms with van der Waals surface area (Å²) < 4.78 is 6.16. The van der Waals surface area contributed by atoms with Crippen LogP contribution >= 0.6 is 11.6 Å². The van der Waals surface area contributed by atoms with E-state index in [4.69, 9.17) is 16.3 Å². The third kappa shape index (κ3) is 5.01. The highest BCUT2D eigenvalue weighted by Crippen LogP contribution is 2.36. The predicted molar refractivity (Wildman–Crippen MR) is 113 cm³/mol. The number of aryl methyl sites for hydroxylation is 2. The molecule has 2 aromatic rings. The number of rotatable bonds is 5. The fourth-order valence-corrected chi connectivity index (χ4v) is 2.94. The summed E-state index contributed by atoms with van der Waals surface area (Å²) >= 11 is 6.36. The molecule has 0 heterocycles. The maximum absolute atomic E-state index is 6.36. The highest BCUT2D eigenvalue weighted by Gasteiger charge is 2.18. The molecule has 3 nitrogen and oxygen atoms in total. The van der Waals surface area contributed by atoms with Crippen LogP contribution in [0.2, 0.25) is 5.02 Å². The van der Waals surface area contributed by atoms with E-state index in [0.717, 1.165) is 45.4 Å². The van der Waals surface area contributed by atoms with Gasteiger partial charge in [0.15, 0.2) is 0 Å². The number of nitrogens with zero attached hydrogens (tertiary/aromatic N) is 2. The van der Waals surface area contributed by atoms with Crippen LogP contribution in [0.5, 0.6) is 11.5 Å². The maximum Gasteiger partial charge on any atom is 0.130 e. The van der Waals surface area contributed by atoms with Crippen molar-refractivity contribution in [2.24, 2.45) is 4.99 Å². The Bertz CT molecular complexity index is 807. The van der Waals surface area contributed by atoms with Crippen molar-refractivity contribution in [3.8, 4) is 11.5 Å². The van der Waals surface area contributed by atoms with Crippen LogP contribution in [0.4, 0.5) is 5.69 Å². The fourth-order valence-electron chi connectivity index (χ4n) is 2.54. The van der Waals surface area contributed by atoms with Crippen molar-refractivity contribution in [1.29, 1.82) is 0 Å². The number of aliphatic imine (C=N–C) groups is 1. The summed E-state index contributed by atoms with van der Waals surface area (Å²) in [6.07, 6.45) is 1.86. The first-order valence-corrected chi connectivity index (χ1v) is 9.33. The van der Waals surface area contributed by atoms with E-state index in [9.17, 15) is 0 Å². The van der Waals surface area contributed by atoms with Crippen LogP contribution in [-0.2, 0) is 5.41 Å². The molecule has 0 atom stereocenters. The van der Waals surface area contributed by atoms with E-state index < -0.39 is 0 Å². The van der Waals surface area contributed by atoms with E-state index in [0.29, 0.717) is 0 Å². The fraction of sp³-hybridized carbons (Fsp3) is 0.409. The molecule has 0 unspecified atom stereocenters. The van der Waals surface area contributed by atoms with E-state index in [1.54, 1.807) is 0 Å². The summed E-state index contributed by atoms with van der Waals surface area (Å²) in [4.78, 5) is 6.61. The van der Waals surface area contributed by atoms with Crippen molar-refractivity contribution in [2.75, 3.05) is 13.6 Å². The van der Waals surface area contributed by atoms with Gasteiger partial charge in [0, 0.05) is 18.6 Å². The maximum atomic E-state index is 6.36. The van der Waals surface area contributed by atoms with Crippen molar-refractivity contribution in [1.82, 2.24) is 4.90 Å². The van der Waals surface area contributed by atoms with Gasteiger partial charge >= 0.3 is 0 Å². The molecule has 0 saturated heterocycles. The molecular formula is C22H29ClN2O. The zero-order chi connectivity index (χ0) is 19.5. The van der Waals surface area contributed by atoms with Crippen LogP contribution in [0.3, 0.4) is 0 Å². The van der Waals surface area contributed by atoms with Gasteiger partial charge in [-0.15, -0.1) is 0 Å². The van der Waals surface area contributed by atoms with E-state index in [-0.39, 0.29) is 5.41 Å². The standard InChI is InChI=1S/C22H29ClN2O/c1-8-25(7)14-24-20-11-16(3)21(12-15(20)2)26-17-9-10-19(23)18(13-17)22(4,5)6/h9-14H,8H2,1-7H3. The summed E-state index contributed by atoms with van der Waals surface area (Å²) in [6, 6.07) is 9.94. The second kappa shape index (κ2) is 8.13. The lowest BCUT2D eigenvalue weighted by molar-refractivity contribution is 0.474. The van der Waals surface area contributed by atoms with E-state index >= 15 is 0 Å². The van der Waals surface area contributed by atoms with Crippen molar-refractivity contribution in [2.45, 2.75) is 47.0 Å². The van der Waals surface area contributed by atoms with Crippen molar-refractivity contribution < 1.29 is 4.74 Å². The van der Waals surface area contributed by atoms with Gasteiger partial charge in [0.25, 0.3) is 0 Å². The molecule has 4 heteroatoms. The van der Waals surface area contributed by atoms with Gasteiger partial charge in [0.1, 0.15) is 11.5 Å². The minimum Gasteiger partial charge on any atom is -0.457 e. The van der Waals surface area contributed by atoms with Gasteiger partial charge in [-0.25, -0.2) is 4.99 Å². The van der Waals surface area contributed by atoms with Gasteiger partial charge in [0.2, 0.25) is 0 Å². The zero-order valence-electron chi connectivity index (χ0n) is 16.9. The van der Waals surface area contributed by atoms with Crippen LogP contribution in [0.25, 0.3) is 0 Å². The SMILES string of the molecule is CCN(C)C=Nc1cc(C)c(Oc2ccc(Cl)c(C(C)(C)C)c2)cc1C. The van der Waals surface area contributed by atoms with Gasteiger partial charge in [-0.3, -0.25) is 0 Å². The van der Waals surface area contributed by atoms with Gasteiger partial charge in [-0.2, -0.15) is 0 Å². The largest absolute Gasteiger partial charge is 0.457 e. The van der Waals surface area contributed by atoms with E-state index in [1.807, 2.05) is 56.4 Å². The van der Waals surface area contributed by atoms with Crippen LogP contribution in [0.15, 0.2) is 35.3 Å². The first kappa shape index (κ1) is 20.3. The Morgan fingerprint density at radius 1 is 1.12 bits per heavy atom. The first-order chi connectivity index (χ1) is 12.1. The molecule has 0 fully saturated rings. The third-order valence-corrected chi connectivity index (χ3v) is 4.69. The number of benzene rings is 2. The summed E-state index contributed by atoms with van der Waals surface area (Å²) in [5, 5.41) is 0.766. The second-order valence-electron chi connectivity index (χ2n) is 7.72. The minimum atomic E-state index is -0.0364. The first-order valence-electron chi connectivity index (χ1n) is 8.95. The van der Waals surface area contributed by atoms with Crippen molar-refractivity contribution in [3.63, 3.8) is 0 Å². The predicted octanol–water partition coefficient (Wildman–Crippen LogP) is 6.66. The highest BCUT2D eigenvalue weighted by atomic mass is 35.5. The minimum absolute atomic E-state index is 0.0364. The molecule has 0 spiro atoms. The average Bonchev–Trinajstić information content (AvgIpc) is 2.56. The number of ether oxygens (including phenoxy) is 1. The number of hydrogen-bond donors (Lipinski definition) is 0. The summed E-state index contributed by atoms with van der Waals surface area (Å²) in [5.74, 6) is 1.64. The van der Waals surface area contributed by atoms with E-state index in [2.05, 4.69) is 38.8 Å². The smallest absolute Gasteiger partial charge is 0.130 e. The third-order valence-electron chi connectivity index (χ3n) is 4.36. The number of hydrogen-bond acceptors (Lipinski definition) is 2.